The molecule has 0 N–H and O–H groups in total. The van der Waals surface area contributed by atoms with Crippen molar-refractivity contribution in [2.75, 3.05) is 20.3 Å². The van der Waals surface area contributed by atoms with Gasteiger partial charge >= 0.3 is 0 Å². The lowest BCUT2D eigenvalue weighted by atomic mass is 9.82. The molecule has 1 saturated carbocycles. The third-order valence-corrected chi connectivity index (χ3v) is 6.74. The van der Waals surface area contributed by atoms with E-state index < -0.39 is 0 Å². The van der Waals surface area contributed by atoms with Gasteiger partial charge in [0.05, 0.1) is 18.3 Å². The number of nitrogens with zero attached hydrogens (tertiary/aromatic N) is 5. The molecule has 0 radical (unpaired) electrons. The third-order valence-electron chi connectivity index (χ3n) is 6.74. The molecule has 172 valence electrons. The van der Waals surface area contributed by atoms with Crippen LogP contribution in [0.25, 0.3) is 5.69 Å². The molecule has 1 aliphatic carbocycles. The Morgan fingerprint density at radius 1 is 1.12 bits per heavy atom. The van der Waals surface area contributed by atoms with E-state index in [2.05, 4.69) is 27.7 Å². The quantitative estimate of drug-likeness (QED) is 0.589. The summed E-state index contributed by atoms with van der Waals surface area (Å²) in [5.74, 6) is 1.38. The van der Waals surface area contributed by atoms with Crippen molar-refractivity contribution in [3.63, 3.8) is 0 Å². The molecule has 0 spiro atoms. The molecule has 1 atom stereocenters. The Kier molecular flexibility index (Phi) is 6.35. The number of carbonyl (C=O) groups excluding carboxylic acids is 1. The van der Waals surface area contributed by atoms with Crippen LogP contribution >= 0.6 is 0 Å². The minimum absolute atomic E-state index is 0.0179. The van der Waals surface area contributed by atoms with E-state index in [-0.39, 0.29) is 12.0 Å². The van der Waals surface area contributed by atoms with E-state index in [9.17, 15) is 4.79 Å². The summed E-state index contributed by atoms with van der Waals surface area (Å²) in [6.45, 7) is 1.52. The number of benzene rings is 2. The van der Waals surface area contributed by atoms with E-state index in [4.69, 9.17) is 9.47 Å². The topological polar surface area (TPSA) is 82.4 Å². The highest BCUT2D eigenvalue weighted by atomic mass is 16.5. The van der Waals surface area contributed by atoms with E-state index in [1.54, 1.807) is 11.8 Å². The lowest BCUT2D eigenvalue weighted by molar-refractivity contribution is 0.0353. The fourth-order valence-electron chi connectivity index (χ4n) is 5.02. The lowest BCUT2D eigenvalue weighted by Crippen LogP contribution is -2.32. The average Bonchev–Trinajstić information content (AvgIpc) is 3.32. The Morgan fingerprint density at radius 3 is 2.67 bits per heavy atom. The van der Waals surface area contributed by atoms with Crippen LogP contribution in [-0.2, 0) is 11.3 Å². The number of carbonyl (C=O) groups is 1. The van der Waals surface area contributed by atoms with Gasteiger partial charge in [-0.15, -0.1) is 5.10 Å². The summed E-state index contributed by atoms with van der Waals surface area (Å²) in [6.07, 6.45) is 7.88. The molecule has 33 heavy (non-hydrogen) atoms. The summed E-state index contributed by atoms with van der Waals surface area (Å²) in [4.78, 5) is 15.1. The first kappa shape index (κ1) is 21.6. The molecule has 3 aromatic rings. The summed E-state index contributed by atoms with van der Waals surface area (Å²) >= 11 is 0. The Bertz CT molecular complexity index is 1080. The molecule has 2 aromatic carbocycles. The van der Waals surface area contributed by atoms with Crippen molar-refractivity contribution in [2.24, 2.45) is 5.92 Å². The molecule has 2 heterocycles. The highest BCUT2D eigenvalue weighted by Crippen LogP contribution is 2.38. The van der Waals surface area contributed by atoms with Gasteiger partial charge in [0.2, 0.25) is 0 Å². The summed E-state index contributed by atoms with van der Waals surface area (Å²) in [5.41, 5.74) is 3.64. The van der Waals surface area contributed by atoms with Gasteiger partial charge in [-0.25, -0.2) is 4.68 Å². The van der Waals surface area contributed by atoms with Crippen LogP contribution < -0.4 is 4.74 Å². The van der Waals surface area contributed by atoms with Crippen molar-refractivity contribution < 1.29 is 14.3 Å². The normalized spacial score (nSPS) is 17.7. The first-order chi connectivity index (χ1) is 16.2. The molecule has 1 aromatic heterocycles. The molecule has 1 amide bonds. The smallest absolute Gasteiger partial charge is 0.254 e. The third kappa shape index (κ3) is 4.61. The van der Waals surface area contributed by atoms with Crippen LogP contribution in [-0.4, -0.2) is 51.3 Å². The molecule has 0 unspecified atom stereocenters. The first-order valence-corrected chi connectivity index (χ1v) is 11.6. The SMILES string of the molecule is CO[C@H](c1ccc2c(c1)CN(C(=O)c1ccc(-n3cnnn3)cc1)CCO2)C1CCCCC1. The van der Waals surface area contributed by atoms with Gasteiger partial charge in [0.15, 0.2) is 0 Å². The van der Waals surface area contributed by atoms with Gasteiger partial charge in [-0.05, 0) is 71.1 Å². The maximum atomic E-state index is 13.3. The average molecular weight is 448 g/mol. The van der Waals surface area contributed by atoms with Crippen LogP contribution in [0.15, 0.2) is 48.8 Å². The molecule has 5 rings (SSSR count). The zero-order valence-electron chi connectivity index (χ0n) is 18.9. The van der Waals surface area contributed by atoms with E-state index in [1.165, 1.54) is 44.0 Å². The second-order valence-corrected chi connectivity index (χ2v) is 8.80. The van der Waals surface area contributed by atoms with Crippen LogP contribution in [0.5, 0.6) is 5.75 Å². The number of aromatic nitrogens is 4. The van der Waals surface area contributed by atoms with Gasteiger partial charge in [-0.2, -0.15) is 0 Å². The van der Waals surface area contributed by atoms with Crippen molar-refractivity contribution in [3.05, 3.63) is 65.5 Å². The fraction of sp³-hybridized carbons (Fsp3) is 0.440. The maximum Gasteiger partial charge on any atom is 0.254 e. The molecule has 2 aliphatic rings. The zero-order chi connectivity index (χ0) is 22.6. The Hall–Kier alpha value is -3.26. The van der Waals surface area contributed by atoms with Crippen molar-refractivity contribution >= 4 is 5.91 Å². The number of tetrazole rings is 1. The molecule has 1 aliphatic heterocycles. The first-order valence-electron chi connectivity index (χ1n) is 11.6. The fourth-order valence-corrected chi connectivity index (χ4v) is 5.02. The minimum atomic E-state index is -0.0179. The van der Waals surface area contributed by atoms with Gasteiger partial charge < -0.3 is 14.4 Å². The monoisotopic (exact) mass is 447 g/mol. The van der Waals surface area contributed by atoms with Gasteiger partial charge in [0, 0.05) is 24.8 Å². The van der Waals surface area contributed by atoms with Crippen LogP contribution in [0.3, 0.4) is 0 Å². The number of methoxy groups -OCH3 is 1. The van der Waals surface area contributed by atoms with Crippen molar-refractivity contribution in [2.45, 2.75) is 44.8 Å². The number of fused-ring (bicyclic) bond motifs is 1. The van der Waals surface area contributed by atoms with E-state index in [1.807, 2.05) is 35.2 Å². The second-order valence-electron chi connectivity index (χ2n) is 8.80. The van der Waals surface area contributed by atoms with Crippen LogP contribution in [0.2, 0.25) is 0 Å². The number of hydrogen-bond acceptors (Lipinski definition) is 6. The minimum Gasteiger partial charge on any atom is -0.491 e. The number of amides is 1. The molecule has 8 nitrogen and oxygen atoms in total. The Balaban J connectivity index is 1.35. The lowest BCUT2D eigenvalue weighted by Gasteiger charge is -2.30. The van der Waals surface area contributed by atoms with Crippen LogP contribution in [0.1, 0.15) is 59.7 Å². The standard InChI is InChI=1S/C25H29N5O3/c1-32-24(18-5-3-2-4-6-18)20-9-12-23-21(15-20)16-29(13-14-33-23)25(31)19-7-10-22(11-8-19)30-17-26-27-28-30/h7-12,15,17-18,24H,2-6,13-14,16H2,1H3/t24-/m0/s1. The zero-order valence-corrected chi connectivity index (χ0v) is 18.9. The Morgan fingerprint density at radius 2 is 1.94 bits per heavy atom. The largest absolute Gasteiger partial charge is 0.491 e. The molecule has 0 bridgehead atoms. The highest BCUT2D eigenvalue weighted by molar-refractivity contribution is 5.94. The van der Waals surface area contributed by atoms with Crippen LogP contribution in [0.4, 0.5) is 0 Å². The summed E-state index contributed by atoms with van der Waals surface area (Å²) < 4.78 is 13.5. The molecule has 1 fully saturated rings. The van der Waals surface area contributed by atoms with Gasteiger partial charge in [-0.1, -0.05) is 25.3 Å². The van der Waals surface area contributed by atoms with Crippen LogP contribution in [0, 0.1) is 5.92 Å². The summed E-state index contributed by atoms with van der Waals surface area (Å²) in [7, 11) is 1.80. The van der Waals surface area contributed by atoms with Gasteiger partial charge in [-0.3, -0.25) is 4.79 Å². The predicted molar refractivity (Wildman–Crippen MR) is 122 cm³/mol. The molecule has 8 heteroatoms. The molecular weight excluding hydrogens is 418 g/mol. The van der Waals surface area contributed by atoms with Gasteiger partial charge in [0.1, 0.15) is 18.7 Å². The van der Waals surface area contributed by atoms with Crippen molar-refractivity contribution in [3.8, 4) is 11.4 Å². The second kappa shape index (κ2) is 9.70. The summed E-state index contributed by atoms with van der Waals surface area (Å²) in [5, 5.41) is 11.2. The Labute approximate surface area is 193 Å². The number of hydrogen-bond donors (Lipinski definition) is 0. The molecule has 0 saturated heterocycles. The van der Waals surface area contributed by atoms with E-state index in [0.717, 1.165) is 17.0 Å². The number of ether oxygens (including phenoxy) is 2. The van der Waals surface area contributed by atoms with E-state index >= 15 is 0 Å². The van der Waals surface area contributed by atoms with Gasteiger partial charge in [0.25, 0.3) is 5.91 Å². The predicted octanol–water partition coefficient (Wildman–Crippen LogP) is 3.96. The highest BCUT2D eigenvalue weighted by Gasteiger charge is 2.27. The van der Waals surface area contributed by atoms with Crippen molar-refractivity contribution in [1.82, 2.24) is 25.1 Å². The van der Waals surface area contributed by atoms with E-state index in [0.29, 0.717) is 31.2 Å². The summed E-state index contributed by atoms with van der Waals surface area (Å²) in [6, 6.07) is 13.6. The number of rotatable bonds is 5. The molecular formula is C25H29N5O3. The van der Waals surface area contributed by atoms with Crippen molar-refractivity contribution in [1.29, 1.82) is 0 Å². The maximum absolute atomic E-state index is 13.3.